The fourth-order valence-electron chi connectivity index (χ4n) is 3.17. The first kappa shape index (κ1) is 16.2. The lowest BCUT2D eigenvalue weighted by molar-refractivity contribution is 0.246. The molecule has 0 amide bonds. The molecular weight excluding hydrogens is 272 g/mol. The highest BCUT2D eigenvalue weighted by molar-refractivity contribution is 7.89. The molecule has 2 fully saturated rings. The summed E-state index contributed by atoms with van der Waals surface area (Å²) in [6.07, 6.45) is 6.15. The van der Waals surface area contributed by atoms with Crippen LogP contribution in [0.5, 0.6) is 0 Å². The van der Waals surface area contributed by atoms with E-state index in [4.69, 9.17) is 5.73 Å². The predicted octanol–water partition coefficient (Wildman–Crippen LogP) is 1.74. The zero-order valence-corrected chi connectivity index (χ0v) is 12.7. The van der Waals surface area contributed by atoms with Crippen LogP contribution in [0.4, 0.5) is 0 Å². The van der Waals surface area contributed by atoms with E-state index in [1.54, 1.807) is 4.31 Å². The average molecular weight is 297 g/mol. The van der Waals surface area contributed by atoms with Gasteiger partial charge in [-0.1, -0.05) is 12.8 Å². The Hall–Kier alpha value is 0.160. The van der Waals surface area contributed by atoms with E-state index in [1.165, 1.54) is 12.8 Å². The first-order valence-electron chi connectivity index (χ1n) is 6.74. The number of hydrogen-bond donors (Lipinski definition) is 1. The van der Waals surface area contributed by atoms with Gasteiger partial charge in [0.05, 0.1) is 5.75 Å². The van der Waals surface area contributed by atoms with Gasteiger partial charge in [0.2, 0.25) is 10.0 Å². The Kier molecular flexibility index (Phi) is 5.90. The Labute approximate surface area is 117 Å². The normalized spacial score (nSPS) is 31.2. The molecule has 0 bridgehead atoms. The SMILES string of the molecule is C[C@@H]1C[C@@H](N)CCN1S(=O)(=O)CC1CCCC1.Cl. The third-order valence-electron chi connectivity index (χ3n) is 4.13. The Morgan fingerprint density at radius 2 is 1.83 bits per heavy atom. The van der Waals surface area contributed by atoms with Crippen LogP contribution >= 0.6 is 12.4 Å². The highest BCUT2D eigenvalue weighted by Crippen LogP contribution is 2.28. The van der Waals surface area contributed by atoms with Crippen LogP contribution in [0.2, 0.25) is 0 Å². The molecule has 0 radical (unpaired) electrons. The van der Waals surface area contributed by atoms with E-state index in [0.717, 1.165) is 25.7 Å². The van der Waals surface area contributed by atoms with E-state index in [1.807, 2.05) is 6.92 Å². The molecule has 1 aliphatic carbocycles. The van der Waals surface area contributed by atoms with Gasteiger partial charge >= 0.3 is 0 Å². The molecule has 0 aromatic rings. The summed E-state index contributed by atoms with van der Waals surface area (Å²) in [6.45, 7) is 2.59. The van der Waals surface area contributed by atoms with Crippen molar-refractivity contribution in [3.8, 4) is 0 Å². The lowest BCUT2D eigenvalue weighted by Gasteiger charge is -2.35. The monoisotopic (exact) mass is 296 g/mol. The highest BCUT2D eigenvalue weighted by atomic mass is 35.5. The standard InChI is InChI=1S/C12H24N2O2S.ClH/c1-10-8-12(13)6-7-14(10)17(15,16)9-11-4-2-3-5-11;/h10-12H,2-9,13H2,1H3;1H/t10-,12+;/m1./s1. The largest absolute Gasteiger partial charge is 0.328 e. The predicted molar refractivity (Wildman–Crippen MR) is 76.4 cm³/mol. The summed E-state index contributed by atoms with van der Waals surface area (Å²) in [4.78, 5) is 0. The number of sulfonamides is 1. The van der Waals surface area contributed by atoms with Crippen molar-refractivity contribution in [1.82, 2.24) is 4.31 Å². The van der Waals surface area contributed by atoms with Crippen molar-refractivity contribution < 1.29 is 8.42 Å². The second-order valence-corrected chi connectivity index (χ2v) is 7.64. The number of piperidine rings is 1. The summed E-state index contributed by atoms with van der Waals surface area (Å²) < 4.78 is 26.4. The number of hydrogen-bond acceptors (Lipinski definition) is 3. The molecule has 0 aromatic heterocycles. The van der Waals surface area contributed by atoms with Gasteiger partial charge in [0.25, 0.3) is 0 Å². The van der Waals surface area contributed by atoms with Gasteiger partial charge in [0.15, 0.2) is 0 Å². The van der Waals surface area contributed by atoms with Gasteiger partial charge in [-0.3, -0.25) is 0 Å². The molecule has 2 aliphatic rings. The average Bonchev–Trinajstić information content (AvgIpc) is 2.68. The fourth-order valence-corrected chi connectivity index (χ4v) is 5.31. The maximum Gasteiger partial charge on any atom is 0.214 e. The topological polar surface area (TPSA) is 63.4 Å². The second-order valence-electron chi connectivity index (χ2n) is 5.67. The van der Waals surface area contributed by atoms with Gasteiger partial charge < -0.3 is 5.73 Å². The van der Waals surface area contributed by atoms with Gasteiger partial charge in [-0.05, 0) is 38.5 Å². The Bertz CT molecular complexity index is 355. The van der Waals surface area contributed by atoms with Gasteiger partial charge in [0, 0.05) is 18.6 Å². The van der Waals surface area contributed by atoms with E-state index in [9.17, 15) is 8.42 Å². The van der Waals surface area contributed by atoms with Crippen LogP contribution in [-0.4, -0.2) is 37.1 Å². The first-order valence-corrected chi connectivity index (χ1v) is 8.35. The van der Waals surface area contributed by atoms with Crippen LogP contribution in [0.3, 0.4) is 0 Å². The molecule has 2 rings (SSSR count). The molecule has 18 heavy (non-hydrogen) atoms. The summed E-state index contributed by atoms with van der Waals surface area (Å²) in [5, 5.41) is 0. The maximum atomic E-state index is 12.3. The number of nitrogens with two attached hydrogens (primary N) is 1. The quantitative estimate of drug-likeness (QED) is 0.863. The molecule has 0 unspecified atom stereocenters. The molecule has 6 heteroatoms. The van der Waals surface area contributed by atoms with Gasteiger partial charge in [-0.25, -0.2) is 8.42 Å². The Morgan fingerprint density at radius 1 is 1.22 bits per heavy atom. The van der Waals surface area contributed by atoms with Crippen LogP contribution < -0.4 is 5.73 Å². The molecular formula is C12H25ClN2O2S. The Balaban J connectivity index is 0.00000162. The molecule has 1 saturated heterocycles. The van der Waals surface area contributed by atoms with Crippen molar-refractivity contribution in [2.45, 2.75) is 57.5 Å². The second kappa shape index (κ2) is 6.55. The van der Waals surface area contributed by atoms with Crippen LogP contribution in [0.25, 0.3) is 0 Å². The smallest absolute Gasteiger partial charge is 0.214 e. The molecule has 1 saturated carbocycles. The van der Waals surface area contributed by atoms with Crippen LogP contribution in [0.15, 0.2) is 0 Å². The van der Waals surface area contributed by atoms with E-state index in [-0.39, 0.29) is 24.5 Å². The van der Waals surface area contributed by atoms with Crippen molar-refractivity contribution in [3.05, 3.63) is 0 Å². The van der Waals surface area contributed by atoms with Gasteiger partial charge in [-0.2, -0.15) is 4.31 Å². The van der Waals surface area contributed by atoms with E-state index in [0.29, 0.717) is 18.2 Å². The minimum Gasteiger partial charge on any atom is -0.328 e. The maximum absolute atomic E-state index is 12.3. The van der Waals surface area contributed by atoms with Gasteiger partial charge in [-0.15, -0.1) is 12.4 Å². The number of nitrogens with zero attached hydrogens (tertiary/aromatic N) is 1. The van der Waals surface area contributed by atoms with Crippen molar-refractivity contribution in [1.29, 1.82) is 0 Å². The summed E-state index contributed by atoms with van der Waals surface area (Å²) in [5.41, 5.74) is 5.87. The summed E-state index contributed by atoms with van der Waals surface area (Å²) in [5.74, 6) is 0.745. The summed E-state index contributed by atoms with van der Waals surface area (Å²) >= 11 is 0. The van der Waals surface area contributed by atoms with Crippen molar-refractivity contribution in [2.75, 3.05) is 12.3 Å². The number of halogens is 1. The molecule has 1 aliphatic heterocycles. The molecule has 2 atom stereocenters. The minimum atomic E-state index is -3.06. The molecule has 0 aromatic carbocycles. The third-order valence-corrected chi connectivity index (χ3v) is 6.28. The fraction of sp³-hybridized carbons (Fsp3) is 1.00. The molecule has 108 valence electrons. The lowest BCUT2D eigenvalue weighted by Crippen LogP contribution is -2.49. The zero-order valence-electron chi connectivity index (χ0n) is 11.0. The van der Waals surface area contributed by atoms with Crippen molar-refractivity contribution in [2.24, 2.45) is 11.7 Å². The van der Waals surface area contributed by atoms with E-state index < -0.39 is 10.0 Å². The molecule has 2 N–H and O–H groups in total. The summed E-state index contributed by atoms with van der Waals surface area (Å²) in [6, 6.07) is 0.244. The first-order chi connectivity index (χ1) is 7.99. The zero-order chi connectivity index (χ0) is 12.5. The lowest BCUT2D eigenvalue weighted by atomic mass is 10.0. The molecule has 4 nitrogen and oxygen atoms in total. The summed E-state index contributed by atoms with van der Waals surface area (Å²) in [7, 11) is -3.06. The van der Waals surface area contributed by atoms with Crippen molar-refractivity contribution in [3.63, 3.8) is 0 Å². The third kappa shape index (κ3) is 3.83. The highest BCUT2D eigenvalue weighted by Gasteiger charge is 2.34. The molecule has 1 heterocycles. The van der Waals surface area contributed by atoms with Crippen LogP contribution in [0.1, 0.15) is 45.4 Å². The minimum absolute atomic E-state index is 0. The molecule has 0 spiro atoms. The Morgan fingerprint density at radius 3 is 2.39 bits per heavy atom. The van der Waals surface area contributed by atoms with Crippen molar-refractivity contribution >= 4 is 22.4 Å². The number of rotatable bonds is 3. The van der Waals surface area contributed by atoms with Crippen LogP contribution in [-0.2, 0) is 10.0 Å². The van der Waals surface area contributed by atoms with Gasteiger partial charge in [0.1, 0.15) is 0 Å². The van der Waals surface area contributed by atoms with E-state index >= 15 is 0 Å². The van der Waals surface area contributed by atoms with E-state index in [2.05, 4.69) is 0 Å². The van der Waals surface area contributed by atoms with Crippen LogP contribution in [0, 0.1) is 5.92 Å².